The lowest BCUT2D eigenvalue weighted by Crippen LogP contribution is -2.45. The minimum Gasteiger partial charge on any atom is -0.460 e. The molecule has 1 aliphatic rings. The number of rotatable bonds is 19. The normalized spacial score (nSPS) is 14.1. The quantitative estimate of drug-likeness (QED) is 0.0750. The van der Waals surface area contributed by atoms with Gasteiger partial charge in [-0.3, -0.25) is 19.2 Å². The zero-order valence-corrected chi connectivity index (χ0v) is 29.6. The molecule has 0 radical (unpaired) electrons. The van der Waals surface area contributed by atoms with Crippen LogP contribution in [0.3, 0.4) is 0 Å². The van der Waals surface area contributed by atoms with Crippen molar-refractivity contribution in [3.8, 4) is 0 Å². The van der Waals surface area contributed by atoms with E-state index in [1.807, 2.05) is 32.9 Å². The van der Waals surface area contributed by atoms with Crippen LogP contribution < -0.4 is 5.32 Å². The number of amides is 3. The van der Waals surface area contributed by atoms with Crippen molar-refractivity contribution in [1.29, 1.82) is 0 Å². The molecule has 12 heteroatoms. The Morgan fingerprint density at radius 2 is 1.30 bits per heavy atom. The second kappa shape index (κ2) is 19.4. The Balaban J connectivity index is 1.61. The van der Waals surface area contributed by atoms with E-state index in [-0.39, 0.29) is 44.0 Å². The SMILES string of the molecule is CC(C)(C)OC(=O)CC[C@H](NC(=O)CCCCCCCCCCSc1ccc(C(=O)OC(C)(C)C)cc1)C(=O)ON1C(=O)CCC1=O. The molecular weight excluding hydrogens is 624 g/mol. The van der Waals surface area contributed by atoms with Gasteiger partial charge in [-0.15, -0.1) is 16.8 Å². The molecule has 47 heavy (non-hydrogen) atoms. The average Bonchev–Trinajstić information content (AvgIpc) is 3.28. The first-order chi connectivity index (χ1) is 22.0. The molecule has 0 saturated carbocycles. The van der Waals surface area contributed by atoms with Crippen molar-refractivity contribution in [2.45, 2.75) is 147 Å². The molecule has 0 bridgehead atoms. The fraction of sp³-hybridized carbons (Fsp3) is 0.657. The van der Waals surface area contributed by atoms with Crippen molar-refractivity contribution in [2.24, 2.45) is 0 Å². The number of thioether (sulfide) groups is 1. The maximum Gasteiger partial charge on any atom is 0.355 e. The summed E-state index contributed by atoms with van der Waals surface area (Å²) in [5.41, 5.74) is -0.664. The van der Waals surface area contributed by atoms with E-state index in [2.05, 4.69) is 5.32 Å². The molecule has 1 saturated heterocycles. The topological polar surface area (TPSA) is 145 Å². The number of imide groups is 1. The molecule has 11 nitrogen and oxygen atoms in total. The lowest BCUT2D eigenvalue weighted by atomic mass is 10.1. The molecule has 1 aromatic carbocycles. The van der Waals surface area contributed by atoms with Crippen molar-refractivity contribution in [3.05, 3.63) is 29.8 Å². The third kappa shape index (κ3) is 16.8. The smallest absolute Gasteiger partial charge is 0.355 e. The highest BCUT2D eigenvalue weighted by molar-refractivity contribution is 7.99. The molecule has 0 spiro atoms. The van der Waals surface area contributed by atoms with Gasteiger partial charge in [-0.1, -0.05) is 38.5 Å². The molecule has 0 aromatic heterocycles. The summed E-state index contributed by atoms with van der Waals surface area (Å²) in [6.45, 7) is 10.7. The number of nitrogens with one attached hydrogen (secondary N) is 1. The molecule has 1 fully saturated rings. The van der Waals surface area contributed by atoms with E-state index < -0.39 is 41.0 Å². The second-order valence-corrected chi connectivity index (χ2v) is 14.9. The van der Waals surface area contributed by atoms with E-state index in [1.54, 1.807) is 44.7 Å². The Morgan fingerprint density at radius 1 is 0.766 bits per heavy atom. The van der Waals surface area contributed by atoms with Crippen LogP contribution in [0.2, 0.25) is 0 Å². The van der Waals surface area contributed by atoms with Gasteiger partial charge in [0, 0.05) is 30.6 Å². The fourth-order valence-corrected chi connectivity index (χ4v) is 5.56. The number of esters is 2. The van der Waals surface area contributed by atoms with Crippen LogP contribution >= 0.6 is 11.8 Å². The largest absolute Gasteiger partial charge is 0.460 e. The molecule has 0 unspecified atom stereocenters. The van der Waals surface area contributed by atoms with Gasteiger partial charge in [-0.05, 0) is 90.8 Å². The molecule has 1 N–H and O–H groups in total. The van der Waals surface area contributed by atoms with Crippen molar-refractivity contribution < 1.29 is 43.1 Å². The van der Waals surface area contributed by atoms with Crippen molar-refractivity contribution in [1.82, 2.24) is 10.4 Å². The maximum absolute atomic E-state index is 12.8. The van der Waals surface area contributed by atoms with Crippen LogP contribution in [0.4, 0.5) is 0 Å². The third-order valence-electron chi connectivity index (χ3n) is 6.92. The van der Waals surface area contributed by atoms with E-state index in [1.165, 1.54) is 0 Å². The monoisotopic (exact) mass is 676 g/mol. The van der Waals surface area contributed by atoms with Crippen LogP contribution in [0.25, 0.3) is 0 Å². The summed E-state index contributed by atoms with van der Waals surface area (Å²) in [4.78, 5) is 79.6. The van der Waals surface area contributed by atoms with Gasteiger partial charge in [0.05, 0.1) is 5.56 Å². The highest BCUT2D eigenvalue weighted by atomic mass is 32.2. The summed E-state index contributed by atoms with van der Waals surface area (Å²) < 4.78 is 10.7. The Morgan fingerprint density at radius 3 is 1.85 bits per heavy atom. The predicted octanol–water partition coefficient (Wildman–Crippen LogP) is 6.46. The van der Waals surface area contributed by atoms with Crippen LogP contribution in [0.5, 0.6) is 0 Å². The lowest BCUT2D eigenvalue weighted by Gasteiger charge is -2.22. The zero-order valence-electron chi connectivity index (χ0n) is 28.8. The first-order valence-electron chi connectivity index (χ1n) is 16.6. The van der Waals surface area contributed by atoms with Gasteiger partial charge in [0.1, 0.15) is 17.2 Å². The number of benzene rings is 1. The van der Waals surface area contributed by atoms with Crippen LogP contribution in [0.15, 0.2) is 29.2 Å². The lowest BCUT2D eigenvalue weighted by molar-refractivity contribution is -0.199. The number of hydroxylamine groups is 2. The summed E-state index contributed by atoms with van der Waals surface area (Å²) in [5, 5.41) is 3.04. The van der Waals surface area contributed by atoms with Crippen LogP contribution in [-0.4, -0.2) is 63.7 Å². The number of hydrogen-bond donors (Lipinski definition) is 1. The number of ether oxygens (including phenoxy) is 2. The van der Waals surface area contributed by atoms with E-state index in [0.29, 0.717) is 17.0 Å². The van der Waals surface area contributed by atoms with Crippen LogP contribution in [0, 0.1) is 0 Å². The molecular formula is C35H52N2O9S. The average molecular weight is 677 g/mol. The summed E-state index contributed by atoms with van der Waals surface area (Å²) in [5.74, 6) is -2.42. The van der Waals surface area contributed by atoms with Crippen molar-refractivity contribution in [3.63, 3.8) is 0 Å². The molecule has 2 rings (SSSR count). The second-order valence-electron chi connectivity index (χ2n) is 13.7. The van der Waals surface area contributed by atoms with Gasteiger partial charge in [0.2, 0.25) is 5.91 Å². The fourth-order valence-electron chi connectivity index (χ4n) is 4.64. The minimum absolute atomic E-state index is 0.0467. The Hall–Kier alpha value is -3.41. The van der Waals surface area contributed by atoms with Crippen molar-refractivity contribution in [2.75, 3.05) is 5.75 Å². The van der Waals surface area contributed by atoms with E-state index in [9.17, 15) is 28.8 Å². The Labute approximate surface area is 283 Å². The zero-order chi connectivity index (χ0) is 35.0. The van der Waals surface area contributed by atoms with Gasteiger partial charge < -0.3 is 19.6 Å². The molecule has 0 aliphatic carbocycles. The number of unbranched alkanes of at least 4 members (excludes halogenated alkanes) is 7. The van der Waals surface area contributed by atoms with E-state index in [4.69, 9.17) is 14.3 Å². The number of carbonyl (C=O) groups excluding carboxylic acids is 6. The highest BCUT2D eigenvalue weighted by Gasteiger charge is 2.35. The molecule has 1 aliphatic heterocycles. The molecule has 262 valence electrons. The van der Waals surface area contributed by atoms with Gasteiger partial charge in [-0.25, -0.2) is 9.59 Å². The molecule has 1 heterocycles. The summed E-state index contributed by atoms with van der Waals surface area (Å²) >= 11 is 1.78. The first kappa shape index (κ1) is 39.8. The molecule has 1 atom stereocenters. The maximum atomic E-state index is 12.8. The summed E-state index contributed by atoms with van der Waals surface area (Å²) in [7, 11) is 0. The Bertz CT molecular complexity index is 1200. The predicted molar refractivity (Wildman–Crippen MR) is 178 cm³/mol. The summed E-state index contributed by atoms with van der Waals surface area (Å²) in [6.07, 6.45) is 7.96. The highest BCUT2D eigenvalue weighted by Crippen LogP contribution is 2.22. The number of nitrogens with zero attached hydrogens (tertiary/aromatic N) is 1. The van der Waals surface area contributed by atoms with E-state index >= 15 is 0 Å². The summed E-state index contributed by atoms with van der Waals surface area (Å²) in [6, 6.07) is 6.32. The van der Waals surface area contributed by atoms with Crippen LogP contribution in [-0.2, 0) is 38.3 Å². The molecule has 1 aromatic rings. The number of hydrogen-bond acceptors (Lipinski definition) is 10. The first-order valence-corrected chi connectivity index (χ1v) is 17.6. The Kier molecular flexibility index (Phi) is 16.4. The molecule has 3 amide bonds. The van der Waals surface area contributed by atoms with E-state index in [0.717, 1.165) is 55.6 Å². The van der Waals surface area contributed by atoms with Gasteiger partial charge in [0.15, 0.2) is 0 Å². The number of carbonyl (C=O) groups is 6. The third-order valence-corrected chi connectivity index (χ3v) is 8.02. The van der Waals surface area contributed by atoms with Gasteiger partial charge in [0.25, 0.3) is 11.8 Å². The minimum atomic E-state index is -1.20. The van der Waals surface area contributed by atoms with Crippen LogP contribution in [0.1, 0.15) is 135 Å². The van der Waals surface area contributed by atoms with Gasteiger partial charge in [-0.2, -0.15) is 0 Å². The standard InChI is InChI=1S/C35H52N2O9S/c1-34(2,3)44-31(41)23-20-27(33(43)46-37-29(39)21-22-30(37)40)36-28(38)15-13-11-9-7-8-10-12-14-24-47-26-18-16-25(17-19-26)32(42)45-35(4,5)6/h16-19,27H,7-15,20-24H2,1-6H3,(H,36,38)/t27-/m0/s1. The van der Waals surface area contributed by atoms with Gasteiger partial charge >= 0.3 is 17.9 Å². The van der Waals surface area contributed by atoms with Crippen molar-refractivity contribution >= 4 is 47.4 Å².